The average Bonchev–Trinajstić information content (AvgIpc) is 3.19. The van der Waals surface area contributed by atoms with E-state index in [1.807, 2.05) is 53.2 Å². The van der Waals surface area contributed by atoms with Crippen LogP contribution in [0.3, 0.4) is 0 Å². The standard InChI is InChI=1S/C21H23N3O3/c1-26-19-8-6-16(13-20(19)27-2)7-9-21(25)23-18-5-3-4-17(12-18)14-24-11-10-22-15-24/h3-6,8,10-13,15H,7,9,14H2,1-2H3,(H,23,25). The molecule has 0 spiro atoms. The minimum atomic E-state index is -0.0236. The van der Waals surface area contributed by atoms with E-state index in [1.165, 1.54) is 0 Å². The highest BCUT2D eigenvalue weighted by Crippen LogP contribution is 2.28. The molecule has 0 unspecified atom stereocenters. The lowest BCUT2D eigenvalue weighted by molar-refractivity contribution is -0.116. The molecule has 3 aromatic rings. The van der Waals surface area contributed by atoms with Gasteiger partial charge in [-0.25, -0.2) is 4.98 Å². The summed E-state index contributed by atoms with van der Waals surface area (Å²) < 4.78 is 12.5. The molecule has 1 heterocycles. The van der Waals surface area contributed by atoms with Gasteiger partial charge in [-0.3, -0.25) is 4.79 Å². The predicted molar refractivity (Wildman–Crippen MR) is 104 cm³/mol. The molecule has 0 aliphatic heterocycles. The van der Waals surface area contributed by atoms with Gasteiger partial charge in [0.1, 0.15) is 0 Å². The first-order chi connectivity index (χ1) is 13.2. The van der Waals surface area contributed by atoms with Crippen molar-refractivity contribution in [2.45, 2.75) is 19.4 Å². The third-order valence-corrected chi connectivity index (χ3v) is 4.22. The summed E-state index contributed by atoms with van der Waals surface area (Å²) >= 11 is 0. The summed E-state index contributed by atoms with van der Waals surface area (Å²) in [6, 6.07) is 13.5. The fourth-order valence-electron chi connectivity index (χ4n) is 2.86. The van der Waals surface area contributed by atoms with Gasteiger partial charge in [0.15, 0.2) is 11.5 Å². The first-order valence-electron chi connectivity index (χ1n) is 8.73. The number of benzene rings is 2. The molecule has 1 N–H and O–H groups in total. The minimum absolute atomic E-state index is 0.0236. The van der Waals surface area contributed by atoms with Crippen LogP contribution >= 0.6 is 0 Å². The lowest BCUT2D eigenvalue weighted by Gasteiger charge is -2.10. The zero-order valence-electron chi connectivity index (χ0n) is 15.5. The number of nitrogens with zero attached hydrogens (tertiary/aromatic N) is 2. The Morgan fingerprint density at radius 2 is 1.93 bits per heavy atom. The molecule has 1 amide bonds. The second kappa shape index (κ2) is 8.89. The first kappa shape index (κ1) is 18.5. The summed E-state index contributed by atoms with van der Waals surface area (Å²) in [7, 11) is 3.21. The summed E-state index contributed by atoms with van der Waals surface area (Å²) in [5.41, 5.74) is 2.92. The van der Waals surface area contributed by atoms with Gasteiger partial charge in [-0.1, -0.05) is 18.2 Å². The SMILES string of the molecule is COc1ccc(CCC(=O)Nc2cccc(Cn3ccnc3)c2)cc1OC. The third-order valence-electron chi connectivity index (χ3n) is 4.22. The van der Waals surface area contributed by atoms with E-state index < -0.39 is 0 Å². The number of ether oxygens (including phenoxy) is 2. The van der Waals surface area contributed by atoms with Crippen LogP contribution in [0.1, 0.15) is 17.5 Å². The van der Waals surface area contributed by atoms with Crippen molar-refractivity contribution in [1.29, 1.82) is 0 Å². The molecule has 27 heavy (non-hydrogen) atoms. The highest BCUT2D eigenvalue weighted by Gasteiger charge is 2.08. The van der Waals surface area contributed by atoms with Gasteiger partial charge in [0.2, 0.25) is 5.91 Å². The van der Waals surface area contributed by atoms with E-state index in [0.717, 1.165) is 23.4 Å². The van der Waals surface area contributed by atoms with Gasteiger partial charge in [-0.05, 0) is 41.8 Å². The van der Waals surface area contributed by atoms with Gasteiger partial charge in [-0.15, -0.1) is 0 Å². The van der Waals surface area contributed by atoms with Gasteiger partial charge in [-0.2, -0.15) is 0 Å². The van der Waals surface area contributed by atoms with Crippen LogP contribution in [0, 0.1) is 0 Å². The Kier molecular flexibility index (Phi) is 6.10. The summed E-state index contributed by atoms with van der Waals surface area (Å²) in [6.45, 7) is 0.718. The number of hydrogen-bond donors (Lipinski definition) is 1. The molecule has 6 heteroatoms. The normalized spacial score (nSPS) is 10.4. The van der Waals surface area contributed by atoms with Crippen LogP contribution in [0.25, 0.3) is 0 Å². The molecule has 3 rings (SSSR count). The second-order valence-corrected chi connectivity index (χ2v) is 6.17. The Morgan fingerprint density at radius 1 is 1.07 bits per heavy atom. The number of imidazole rings is 1. The monoisotopic (exact) mass is 365 g/mol. The highest BCUT2D eigenvalue weighted by atomic mass is 16.5. The second-order valence-electron chi connectivity index (χ2n) is 6.17. The molecule has 0 saturated heterocycles. The van der Waals surface area contributed by atoms with Crippen LogP contribution < -0.4 is 14.8 Å². The molecule has 6 nitrogen and oxygen atoms in total. The molecule has 0 radical (unpaired) electrons. The number of carbonyl (C=O) groups excluding carboxylic acids is 1. The van der Waals surface area contributed by atoms with Crippen molar-refractivity contribution < 1.29 is 14.3 Å². The van der Waals surface area contributed by atoms with Gasteiger partial charge < -0.3 is 19.4 Å². The number of aromatic nitrogens is 2. The van der Waals surface area contributed by atoms with Gasteiger partial charge >= 0.3 is 0 Å². The van der Waals surface area contributed by atoms with Crippen molar-refractivity contribution in [2.75, 3.05) is 19.5 Å². The largest absolute Gasteiger partial charge is 0.493 e. The number of aryl methyl sites for hydroxylation is 1. The lowest BCUT2D eigenvalue weighted by Crippen LogP contribution is -2.12. The number of hydrogen-bond acceptors (Lipinski definition) is 4. The molecule has 2 aromatic carbocycles. The maximum absolute atomic E-state index is 12.3. The smallest absolute Gasteiger partial charge is 0.224 e. The predicted octanol–water partition coefficient (Wildman–Crippen LogP) is 3.52. The Balaban J connectivity index is 1.56. The van der Waals surface area contributed by atoms with Crippen molar-refractivity contribution in [3.05, 3.63) is 72.3 Å². The van der Waals surface area contributed by atoms with Crippen LogP contribution in [0.15, 0.2) is 61.2 Å². The number of nitrogens with one attached hydrogen (secondary N) is 1. The summed E-state index contributed by atoms with van der Waals surface area (Å²) in [4.78, 5) is 16.4. The molecular formula is C21H23N3O3. The van der Waals surface area contributed by atoms with Crippen LogP contribution in [0.5, 0.6) is 11.5 Å². The molecular weight excluding hydrogens is 342 g/mol. The van der Waals surface area contributed by atoms with E-state index in [9.17, 15) is 4.79 Å². The van der Waals surface area contributed by atoms with Crippen LogP contribution in [-0.4, -0.2) is 29.7 Å². The summed E-state index contributed by atoms with van der Waals surface area (Å²) in [6.07, 6.45) is 6.45. The number of carbonyl (C=O) groups is 1. The van der Waals surface area contributed by atoms with Gasteiger partial charge in [0.05, 0.1) is 20.5 Å². The lowest BCUT2D eigenvalue weighted by atomic mass is 10.1. The van der Waals surface area contributed by atoms with Crippen molar-refractivity contribution in [1.82, 2.24) is 9.55 Å². The molecule has 0 aliphatic rings. The molecule has 1 aromatic heterocycles. The molecule has 140 valence electrons. The number of anilines is 1. The minimum Gasteiger partial charge on any atom is -0.493 e. The Hall–Kier alpha value is -3.28. The van der Waals surface area contributed by atoms with Crippen molar-refractivity contribution in [2.24, 2.45) is 0 Å². The molecule has 0 saturated carbocycles. The zero-order chi connectivity index (χ0) is 19.1. The number of amides is 1. The number of methoxy groups -OCH3 is 2. The first-order valence-corrected chi connectivity index (χ1v) is 8.73. The Bertz CT molecular complexity index is 891. The van der Waals surface area contributed by atoms with Crippen LogP contribution in [0.4, 0.5) is 5.69 Å². The summed E-state index contributed by atoms with van der Waals surface area (Å²) in [5.74, 6) is 1.33. The van der Waals surface area contributed by atoms with Gasteiger partial charge in [0.25, 0.3) is 0 Å². The molecule has 0 bridgehead atoms. The summed E-state index contributed by atoms with van der Waals surface area (Å²) in [5, 5.41) is 2.96. The zero-order valence-corrected chi connectivity index (χ0v) is 15.5. The van der Waals surface area contributed by atoms with Crippen molar-refractivity contribution >= 4 is 11.6 Å². The average molecular weight is 365 g/mol. The molecule has 0 fully saturated rings. The van der Waals surface area contributed by atoms with E-state index in [2.05, 4.69) is 10.3 Å². The van der Waals surface area contributed by atoms with E-state index in [4.69, 9.17) is 9.47 Å². The highest BCUT2D eigenvalue weighted by molar-refractivity contribution is 5.90. The van der Waals surface area contributed by atoms with E-state index in [0.29, 0.717) is 24.3 Å². The maximum Gasteiger partial charge on any atom is 0.224 e. The Labute approximate surface area is 158 Å². The van der Waals surface area contributed by atoms with Crippen LogP contribution in [-0.2, 0) is 17.8 Å². The fraction of sp³-hybridized carbons (Fsp3) is 0.238. The maximum atomic E-state index is 12.3. The topological polar surface area (TPSA) is 65.4 Å². The van der Waals surface area contributed by atoms with Gasteiger partial charge in [0, 0.05) is 31.0 Å². The van der Waals surface area contributed by atoms with Crippen molar-refractivity contribution in [3.8, 4) is 11.5 Å². The quantitative estimate of drug-likeness (QED) is 0.663. The van der Waals surface area contributed by atoms with E-state index in [-0.39, 0.29) is 5.91 Å². The third kappa shape index (κ3) is 5.10. The van der Waals surface area contributed by atoms with E-state index >= 15 is 0 Å². The molecule has 0 aliphatic carbocycles. The molecule has 0 atom stereocenters. The van der Waals surface area contributed by atoms with Crippen molar-refractivity contribution in [3.63, 3.8) is 0 Å². The van der Waals surface area contributed by atoms with E-state index in [1.54, 1.807) is 26.7 Å². The number of rotatable bonds is 8. The fourth-order valence-corrected chi connectivity index (χ4v) is 2.86. The van der Waals surface area contributed by atoms with Crippen LogP contribution in [0.2, 0.25) is 0 Å². The Morgan fingerprint density at radius 3 is 2.67 bits per heavy atom.